The van der Waals surface area contributed by atoms with Gasteiger partial charge in [0, 0.05) is 63.5 Å². The van der Waals surface area contributed by atoms with Crippen molar-refractivity contribution in [2.24, 2.45) is 56.4 Å². The number of carbonyl (C=O) groups is 8. The zero-order valence-corrected chi connectivity index (χ0v) is 47.8. The summed E-state index contributed by atoms with van der Waals surface area (Å²) in [6.45, 7) is 8.26. The summed E-state index contributed by atoms with van der Waals surface area (Å²) in [5.74, 6) is -7.19. The average molecular weight is 1100 g/mol. The maximum absolute atomic E-state index is 14.5. The van der Waals surface area contributed by atoms with Gasteiger partial charge in [-0.1, -0.05) is 148 Å². The summed E-state index contributed by atoms with van der Waals surface area (Å²) in [5.41, 5.74) is 28.8. The van der Waals surface area contributed by atoms with Gasteiger partial charge in [0.2, 0.25) is 23.6 Å². The predicted molar refractivity (Wildman–Crippen MR) is 309 cm³/mol. The Balaban J connectivity index is 3.40. The van der Waals surface area contributed by atoms with E-state index in [2.05, 4.69) is 38.2 Å². The van der Waals surface area contributed by atoms with Crippen LogP contribution in [0.1, 0.15) is 207 Å². The molecule has 0 bridgehead atoms. The molecular weight excluding hydrogens is 995 g/mol. The third kappa shape index (κ3) is 32.7. The van der Waals surface area contributed by atoms with Crippen LogP contribution in [0, 0.1) is 17.8 Å². The number of hydrogen-bond acceptors (Lipinski definition) is 11. The monoisotopic (exact) mass is 1100 g/mol. The van der Waals surface area contributed by atoms with Crippen LogP contribution in [-0.2, 0) is 44.8 Å². The molecule has 1 rings (SSSR count). The van der Waals surface area contributed by atoms with Crippen molar-refractivity contribution < 1.29 is 43.5 Å². The summed E-state index contributed by atoms with van der Waals surface area (Å²) in [5, 5.41) is 21.1. The van der Waals surface area contributed by atoms with Crippen LogP contribution < -0.4 is 49.9 Å². The summed E-state index contributed by atoms with van der Waals surface area (Å²) in [4.78, 5) is 118. The molecule has 7 atom stereocenters. The molecule has 0 fully saturated rings. The van der Waals surface area contributed by atoms with E-state index in [1.54, 1.807) is 6.92 Å². The summed E-state index contributed by atoms with van der Waals surface area (Å²) >= 11 is 0. The Kier molecular flexibility index (Phi) is 38.7. The molecular formula is C58H101N11O9. The number of carboxylic acids is 1. The van der Waals surface area contributed by atoms with Crippen molar-refractivity contribution in [3.8, 4) is 0 Å². The van der Waals surface area contributed by atoms with Gasteiger partial charge in [-0.15, -0.1) is 0 Å². The molecule has 0 aliphatic heterocycles. The average Bonchev–Trinajstić information content (AvgIpc) is 3.41. The number of rotatable bonds is 48. The first-order chi connectivity index (χ1) is 37.4. The molecule has 1 aromatic rings. The first-order valence-corrected chi connectivity index (χ1v) is 29.2. The van der Waals surface area contributed by atoms with Crippen molar-refractivity contribution in [1.82, 2.24) is 21.3 Å². The van der Waals surface area contributed by atoms with Gasteiger partial charge in [-0.05, 0) is 69.4 Å². The molecule has 0 saturated heterocycles. The van der Waals surface area contributed by atoms with Gasteiger partial charge >= 0.3 is 5.97 Å². The molecule has 0 unspecified atom stereocenters. The number of guanidine groups is 2. The summed E-state index contributed by atoms with van der Waals surface area (Å²) < 4.78 is 0. The molecule has 20 heteroatoms. The van der Waals surface area contributed by atoms with Gasteiger partial charge in [-0.3, -0.25) is 48.3 Å². The number of hydrogen-bond donors (Lipinski definition) is 10. The molecule has 0 saturated carbocycles. The Morgan fingerprint density at radius 1 is 0.526 bits per heavy atom. The van der Waals surface area contributed by atoms with Crippen molar-refractivity contribution in [3.63, 3.8) is 0 Å². The van der Waals surface area contributed by atoms with E-state index in [0.717, 1.165) is 24.8 Å². The van der Waals surface area contributed by atoms with Crippen molar-refractivity contribution in [1.29, 1.82) is 0 Å². The number of Topliss-reactive ketones (excluding diaryl/α,β-unsaturated/α-hetero) is 3. The van der Waals surface area contributed by atoms with Gasteiger partial charge in [0.05, 0.1) is 18.1 Å². The molecule has 78 heavy (non-hydrogen) atoms. The van der Waals surface area contributed by atoms with Gasteiger partial charge in [-0.2, -0.15) is 0 Å². The number of carbonyl (C=O) groups excluding carboxylic acids is 7. The van der Waals surface area contributed by atoms with Crippen LogP contribution in [0.15, 0.2) is 40.3 Å². The number of nitrogens with zero attached hydrogens (tertiary/aromatic N) is 2. The molecule has 442 valence electrons. The van der Waals surface area contributed by atoms with E-state index < -0.39 is 84.1 Å². The molecule has 0 heterocycles. The minimum Gasteiger partial charge on any atom is -0.481 e. The lowest BCUT2D eigenvalue weighted by Crippen LogP contribution is -2.53. The largest absolute Gasteiger partial charge is 0.481 e. The van der Waals surface area contributed by atoms with Gasteiger partial charge in [-0.25, -0.2) is 0 Å². The minimum atomic E-state index is -1.37. The van der Waals surface area contributed by atoms with Crippen molar-refractivity contribution in [3.05, 3.63) is 35.9 Å². The van der Waals surface area contributed by atoms with Crippen LogP contribution >= 0.6 is 0 Å². The van der Waals surface area contributed by atoms with Crippen LogP contribution in [-0.4, -0.2) is 108 Å². The topological polar surface area (TPSA) is 360 Å². The van der Waals surface area contributed by atoms with Gasteiger partial charge in [0.25, 0.3) is 0 Å². The van der Waals surface area contributed by atoms with Crippen molar-refractivity contribution in [2.45, 2.75) is 232 Å². The van der Waals surface area contributed by atoms with Crippen LogP contribution in [0.2, 0.25) is 0 Å². The zero-order valence-electron chi connectivity index (χ0n) is 47.8. The summed E-state index contributed by atoms with van der Waals surface area (Å²) in [7, 11) is 0. The molecule has 15 N–H and O–H groups in total. The van der Waals surface area contributed by atoms with E-state index in [0.29, 0.717) is 38.6 Å². The smallest absolute Gasteiger partial charge is 0.303 e. The lowest BCUT2D eigenvalue weighted by Gasteiger charge is -2.27. The minimum absolute atomic E-state index is 0.0809. The fourth-order valence-corrected chi connectivity index (χ4v) is 9.36. The van der Waals surface area contributed by atoms with Crippen LogP contribution in [0.25, 0.3) is 0 Å². The Morgan fingerprint density at radius 2 is 1.01 bits per heavy atom. The third-order valence-electron chi connectivity index (χ3n) is 14.3. The number of aliphatic imine (C=N–C) groups is 2. The van der Waals surface area contributed by atoms with E-state index >= 15 is 0 Å². The van der Waals surface area contributed by atoms with E-state index in [1.165, 1.54) is 57.8 Å². The van der Waals surface area contributed by atoms with E-state index in [9.17, 15) is 43.5 Å². The number of aliphatic carboxylic acids is 1. The maximum atomic E-state index is 14.5. The molecule has 0 spiro atoms. The third-order valence-corrected chi connectivity index (χ3v) is 14.3. The highest BCUT2D eigenvalue weighted by atomic mass is 16.4. The Hall–Kier alpha value is -5.92. The van der Waals surface area contributed by atoms with Crippen molar-refractivity contribution >= 4 is 58.9 Å². The van der Waals surface area contributed by atoms with Crippen LogP contribution in [0.5, 0.6) is 0 Å². The van der Waals surface area contributed by atoms with E-state index in [4.69, 9.17) is 28.7 Å². The fraction of sp³-hybridized carbons (Fsp3) is 0.724. The standard InChI is InChI=1S/C58H101N11O9/c1-5-8-9-10-11-12-13-14-15-16-17-18-22-32-51(73)66-47(38-42-27-20-19-21-28-42)56(78)68-45(31-26-37-65-58(62)63)49(71)39-43(29-23-24-35-59)54(76)67-46(33-34-52(74)75)50(72)40-44(30-25-36-64-57(60)61)55(77)69-53(41(4)6-2)48(70)7-3/h19-21,27-28,41,43-47,53H,5-18,22-26,29-40,59H2,1-4H3,(H,66,73)(H,67,76)(H,68,78)(H,69,77)(H,74,75)(H4,60,61,64)(H4,62,63,65)/t41-,43+,44+,45-,46-,47-,53-/m0/s1. The highest BCUT2D eigenvalue weighted by molar-refractivity contribution is 5.97. The van der Waals surface area contributed by atoms with Crippen molar-refractivity contribution in [2.75, 3.05) is 19.6 Å². The second-order valence-electron chi connectivity index (χ2n) is 21.0. The second-order valence-corrected chi connectivity index (χ2v) is 21.0. The Bertz CT molecular complexity index is 1980. The Morgan fingerprint density at radius 3 is 1.51 bits per heavy atom. The number of nitrogens with two attached hydrogens (primary N) is 5. The number of benzene rings is 1. The number of unbranched alkanes of at least 4 members (excludes halogenated alkanes) is 13. The first kappa shape index (κ1) is 70.1. The van der Waals surface area contributed by atoms with Crippen LogP contribution in [0.4, 0.5) is 0 Å². The number of amides is 4. The molecule has 0 aliphatic rings. The number of nitrogens with one attached hydrogen (secondary N) is 4. The lowest BCUT2D eigenvalue weighted by molar-refractivity contribution is -0.139. The Labute approximate surface area is 465 Å². The van der Waals surface area contributed by atoms with E-state index in [-0.39, 0.29) is 100 Å². The number of carboxylic acid groups (broad SMARTS) is 1. The molecule has 0 radical (unpaired) electrons. The molecule has 4 amide bonds. The quantitative estimate of drug-likeness (QED) is 0.0206. The number of ketones is 3. The fourth-order valence-electron chi connectivity index (χ4n) is 9.36. The normalized spacial score (nSPS) is 13.8. The lowest BCUT2D eigenvalue weighted by atomic mass is 9.88. The second kappa shape index (κ2) is 43.0. The predicted octanol–water partition coefficient (Wildman–Crippen LogP) is 5.93. The molecule has 0 aromatic heterocycles. The van der Waals surface area contributed by atoms with Gasteiger partial charge < -0.3 is 55.0 Å². The van der Waals surface area contributed by atoms with E-state index in [1.807, 2.05) is 44.2 Å². The zero-order chi connectivity index (χ0) is 58.1. The highest BCUT2D eigenvalue weighted by Crippen LogP contribution is 2.22. The van der Waals surface area contributed by atoms with Gasteiger partial charge in [0.15, 0.2) is 29.3 Å². The van der Waals surface area contributed by atoms with Crippen LogP contribution in [0.3, 0.4) is 0 Å². The molecule has 20 nitrogen and oxygen atoms in total. The maximum Gasteiger partial charge on any atom is 0.303 e. The SMILES string of the molecule is CCCCCCCCCCCCCCCC(=O)N[C@@H](Cc1ccccc1)C(=O)N[C@@H](CCCN=C(N)N)C(=O)C[C@@H](CCCCN)C(=O)N[C@@H](CCC(=O)O)C(=O)C[C@@H](CCCN=C(N)N)C(=O)N[C@H](C(=O)CC)[C@@H](C)CC. The molecule has 0 aliphatic carbocycles. The summed E-state index contributed by atoms with van der Waals surface area (Å²) in [6, 6.07) is 4.85. The molecule has 1 aromatic carbocycles. The highest BCUT2D eigenvalue weighted by Gasteiger charge is 2.35. The van der Waals surface area contributed by atoms with Gasteiger partial charge in [0.1, 0.15) is 6.04 Å². The first-order valence-electron chi connectivity index (χ1n) is 29.2. The summed E-state index contributed by atoms with van der Waals surface area (Å²) in [6.07, 6.45) is 16.6.